The summed E-state index contributed by atoms with van der Waals surface area (Å²) < 4.78 is 0. The van der Waals surface area contributed by atoms with Crippen molar-refractivity contribution in [3.63, 3.8) is 0 Å². The first-order valence-electron chi connectivity index (χ1n) is 8.50. The zero-order valence-corrected chi connectivity index (χ0v) is 15.5. The molecule has 1 fully saturated rings. The molecule has 0 saturated heterocycles. The van der Waals surface area contributed by atoms with Crippen molar-refractivity contribution < 1.29 is 9.90 Å². The molecule has 0 bridgehead atoms. The standard InChI is InChI=1S/C18H18Cl2N4O2/c19-10-3-4-11(13(20)7-10)14-12-8-24(18(9-25)5-1-2-6-18)16(26)15(12)23-17(21)22-14/h3-4,7,25H,1-2,5-6,8-9H2,(H2,21,22,23). The van der Waals surface area contributed by atoms with Gasteiger partial charge < -0.3 is 15.7 Å². The Morgan fingerprint density at radius 1 is 1.19 bits per heavy atom. The summed E-state index contributed by atoms with van der Waals surface area (Å²) in [5, 5.41) is 10.9. The second kappa shape index (κ2) is 6.37. The van der Waals surface area contributed by atoms with Crippen LogP contribution in [0.5, 0.6) is 0 Å². The Kier molecular flexibility index (Phi) is 4.29. The number of amides is 1. The van der Waals surface area contributed by atoms with Gasteiger partial charge in [-0.25, -0.2) is 9.97 Å². The summed E-state index contributed by atoms with van der Waals surface area (Å²) in [6.45, 7) is 0.274. The molecule has 0 spiro atoms. The first kappa shape index (κ1) is 17.5. The van der Waals surface area contributed by atoms with E-state index >= 15 is 0 Å². The van der Waals surface area contributed by atoms with E-state index in [0.29, 0.717) is 39.1 Å². The largest absolute Gasteiger partial charge is 0.394 e. The molecule has 2 heterocycles. The third-order valence-corrected chi connectivity index (χ3v) is 5.92. The van der Waals surface area contributed by atoms with E-state index in [2.05, 4.69) is 9.97 Å². The van der Waals surface area contributed by atoms with Crippen LogP contribution in [0.2, 0.25) is 10.0 Å². The maximum absolute atomic E-state index is 13.0. The summed E-state index contributed by atoms with van der Waals surface area (Å²) >= 11 is 12.3. The van der Waals surface area contributed by atoms with Crippen molar-refractivity contribution in [2.24, 2.45) is 0 Å². The van der Waals surface area contributed by atoms with Gasteiger partial charge in [0.2, 0.25) is 5.95 Å². The Bertz CT molecular complexity index is 897. The van der Waals surface area contributed by atoms with E-state index in [0.717, 1.165) is 25.7 Å². The minimum Gasteiger partial charge on any atom is -0.394 e. The number of hydrogen-bond acceptors (Lipinski definition) is 5. The molecular formula is C18H18Cl2N4O2. The van der Waals surface area contributed by atoms with Crippen molar-refractivity contribution in [3.05, 3.63) is 39.5 Å². The summed E-state index contributed by atoms with van der Waals surface area (Å²) in [5.41, 5.74) is 7.50. The van der Waals surface area contributed by atoms with Crippen LogP contribution < -0.4 is 5.73 Å². The second-order valence-electron chi connectivity index (χ2n) is 6.86. The topological polar surface area (TPSA) is 92.3 Å². The molecule has 0 atom stereocenters. The van der Waals surface area contributed by atoms with E-state index in [-0.39, 0.29) is 18.5 Å². The van der Waals surface area contributed by atoms with Crippen LogP contribution in [0.1, 0.15) is 41.7 Å². The summed E-state index contributed by atoms with van der Waals surface area (Å²) in [4.78, 5) is 23.3. The second-order valence-corrected chi connectivity index (χ2v) is 7.71. The summed E-state index contributed by atoms with van der Waals surface area (Å²) in [5.74, 6) is -0.194. The summed E-state index contributed by atoms with van der Waals surface area (Å²) in [6.07, 6.45) is 3.54. The van der Waals surface area contributed by atoms with E-state index in [1.807, 2.05) is 0 Å². The van der Waals surface area contributed by atoms with Crippen molar-refractivity contribution in [1.82, 2.24) is 14.9 Å². The molecule has 1 aliphatic heterocycles. The fraction of sp³-hybridized carbons (Fsp3) is 0.389. The number of carbonyl (C=O) groups excluding carboxylic acids is 1. The molecular weight excluding hydrogens is 375 g/mol. The lowest BCUT2D eigenvalue weighted by Crippen LogP contribution is -2.49. The van der Waals surface area contributed by atoms with Crippen molar-refractivity contribution in [1.29, 1.82) is 0 Å². The fourth-order valence-corrected chi connectivity index (χ4v) is 4.52. The van der Waals surface area contributed by atoms with Crippen LogP contribution in [0.4, 0.5) is 5.95 Å². The number of hydrogen-bond donors (Lipinski definition) is 2. The van der Waals surface area contributed by atoms with Crippen molar-refractivity contribution >= 4 is 35.1 Å². The molecule has 6 nitrogen and oxygen atoms in total. The van der Waals surface area contributed by atoms with Gasteiger partial charge in [-0.15, -0.1) is 0 Å². The number of aliphatic hydroxyl groups is 1. The Morgan fingerprint density at radius 3 is 2.54 bits per heavy atom. The molecule has 1 amide bonds. The number of rotatable bonds is 3. The molecule has 2 aromatic rings. The molecule has 1 aromatic carbocycles. The zero-order valence-electron chi connectivity index (χ0n) is 14.0. The number of carbonyl (C=O) groups is 1. The van der Waals surface area contributed by atoms with Gasteiger partial charge in [-0.2, -0.15) is 0 Å². The van der Waals surface area contributed by atoms with E-state index in [1.54, 1.807) is 23.1 Å². The minimum absolute atomic E-state index is 0.0180. The van der Waals surface area contributed by atoms with Crippen molar-refractivity contribution in [2.45, 2.75) is 37.8 Å². The maximum Gasteiger partial charge on any atom is 0.273 e. The monoisotopic (exact) mass is 392 g/mol. The molecule has 8 heteroatoms. The Balaban J connectivity index is 1.83. The van der Waals surface area contributed by atoms with E-state index in [1.165, 1.54) is 0 Å². The zero-order chi connectivity index (χ0) is 18.5. The molecule has 136 valence electrons. The number of benzene rings is 1. The molecule has 0 unspecified atom stereocenters. The van der Waals surface area contributed by atoms with Gasteiger partial charge in [-0.3, -0.25) is 4.79 Å². The van der Waals surface area contributed by atoms with Crippen LogP contribution in [0.25, 0.3) is 11.3 Å². The Morgan fingerprint density at radius 2 is 1.88 bits per heavy atom. The molecule has 4 rings (SSSR count). The number of nitrogen functional groups attached to an aromatic ring is 1. The lowest BCUT2D eigenvalue weighted by molar-refractivity contribution is 0.0272. The number of halogens is 2. The van der Waals surface area contributed by atoms with Gasteiger partial charge in [0.25, 0.3) is 5.91 Å². The van der Waals surface area contributed by atoms with Crippen LogP contribution in [0, 0.1) is 0 Å². The molecule has 26 heavy (non-hydrogen) atoms. The predicted octanol–water partition coefficient (Wildman–Crippen LogP) is 3.29. The van der Waals surface area contributed by atoms with E-state index in [4.69, 9.17) is 28.9 Å². The number of fused-ring (bicyclic) bond motifs is 1. The van der Waals surface area contributed by atoms with Gasteiger partial charge in [-0.1, -0.05) is 36.0 Å². The van der Waals surface area contributed by atoms with Crippen molar-refractivity contribution in [2.75, 3.05) is 12.3 Å². The van der Waals surface area contributed by atoms with Crippen LogP contribution in [-0.4, -0.2) is 38.0 Å². The molecule has 1 saturated carbocycles. The minimum atomic E-state index is -0.534. The maximum atomic E-state index is 13.0. The third-order valence-electron chi connectivity index (χ3n) is 5.38. The lowest BCUT2D eigenvalue weighted by atomic mass is 9.96. The number of nitrogens with zero attached hydrogens (tertiary/aromatic N) is 3. The number of anilines is 1. The lowest BCUT2D eigenvalue weighted by Gasteiger charge is -2.37. The van der Waals surface area contributed by atoms with Gasteiger partial charge in [0.1, 0.15) is 5.69 Å². The molecule has 1 aliphatic carbocycles. The first-order valence-corrected chi connectivity index (χ1v) is 9.25. The fourth-order valence-electron chi connectivity index (χ4n) is 4.02. The van der Waals surface area contributed by atoms with Gasteiger partial charge in [0.05, 0.1) is 29.4 Å². The van der Waals surface area contributed by atoms with Gasteiger partial charge in [0, 0.05) is 16.1 Å². The van der Waals surface area contributed by atoms with Crippen molar-refractivity contribution in [3.8, 4) is 11.3 Å². The molecule has 3 N–H and O–H groups in total. The summed E-state index contributed by atoms with van der Waals surface area (Å²) in [6, 6.07) is 5.11. The highest BCUT2D eigenvalue weighted by atomic mass is 35.5. The van der Waals surface area contributed by atoms with Crippen LogP contribution in [0.15, 0.2) is 18.2 Å². The average Bonchev–Trinajstić information content (AvgIpc) is 3.21. The quantitative estimate of drug-likeness (QED) is 0.835. The van der Waals surface area contributed by atoms with Crippen LogP contribution in [0.3, 0.4) is 0 Å². The normalized spacial score (nSPS) is 18.4. The van der Waals surface area contributed by atoms with Crippen LogP contribution in [-0.2, 0) is 6.54 Å². The van der Waals surface area contributed by atoms with Gasteiger partial charge >= 0.3 is 0 Å². The Labute approximate surface area is 160 Å². The van der Waals surface area contributed by atoms with Crippen LogP contribution >= 0.6 is 23.2 Å². The molecule has 2 aliphatic rings. The smallest absolute Gasteiger partial charge is 0.273 e. The number of nitrogens with two attached hydrogens (primary N) is 1. The number of aromatic nitrogens is 2. The Hall–Kier alpha value is -1.89. The van der Waals surface area contributed by atoms with E-state index < -0.39 is 5.54 Å². The number of aliphatic hydroxyl groups excluding tert-OH is 1. The third kappa shape index (κ3) is 2.64. The highest BCUT2D eigenvalue weighted by molar-refractivity contribution is 6.36. The van der Waals surface area contributed by atoms with E-state index in [9.17, 15) is 9.90 Å². The molecule has 1 aromatic heterocycles. The molecule has 0 radical (unpaired) electrons. The first-order chi connectivity index (χ1) is 12.4. The highest BCUT2D eigenvalue weighted by Crippen LogP contribution is 2.42. The van der Waals surface area contributed by atoms with Gasteiger partial charge in [0.15, 0.2) is 0 Å². The summed E-state index contributed by atoms with van der Waals surface area (Å²) in [7, 11) is 0. The highest BCUT2D eigenvalue weighted by Gasteiger charge is 2.47. The van der Waals surface area contributed by atoms with Gasteiger partial charge in [-0.05, 0) is 31.0 Å². The average molecular weight is 393 g/mol. The predicted molar refractivity (Wildman–Crippen MR) is 100 cm³/mol. The SMILES string of the molecule is Nc1nc2c(c(-c3ccc(Cl)cc3Cl)n1)CN(C1(CO)CCCC1)C2=O.